The van der Waals surface area contributed by atoms with Gasteiger partial charge in [-0.25, -0.2) is 8.78 Å². The van der Waals surface area contributed by atoms with Crippen molar-refractivity contribution in [2.45, 2.75) is 0 Å². The van der Waals surface area contributed by atoms with Gasteiger partial charge in [0.15, 0.2) is 11.6 Å². The molecule has 0 spiro atoms. The number of nitro groups is 1. The molecule has 2 N–H and O–H groups in total. The number of rotatable bonds is 1. The Morgan fingerprint density at radius 3 is 2.46 bits per heavy atom. The zero-order valence-electron chi connectivity index (χ0n) is 6.05. The van der Waals surface area contributed by atoms with Gasteiger partial charge in [-0.2, -0.15) is 0 Å². The van der Waals surface area contributed by atoms with E-state index >= 15 is 0 Å². The lowest BCUT2D eigenvalue weighted by Crippen LogP contribution is -2.01. The molecule has 0 aliphatic heterocycles. The van der Waals surface area contributed by atoms with Gasteiger partial charge in [-0.3, -0.25) is 10.1 Å². The van der Waals surface area contributed by atoms with Crippen LogP contribution in [-0.2, 0) is 0 Å². The summed E-state index contributed by atoms with van der Waals surface area (Å²) in [5.74, 6) is -2.65. The quantitative estimate of drug-likeness (QED) is 0.361. The molecule has 7 heteroatoms. The van der Waals surface area contributed by atoms with Crippen molar-refractivity contribution in [2.24, 2.45) is 0 Å². The normalized spacial score (nSPS) is 10.1. The molecule has 13 heavy (non-hydrogen) atoms. The number of hydrogen-bond acceptors (Lipinski definition) is 3. The molecule has 0 heterocycles. The fraction of sp³-hybridized carbons (Fsp3) is 0. The van der Waals surface area contributed by atoms with E-state index in [2.05, 4.69) is 15.9 Å². The highest BCUT2D eigenvalue weighted by molar-refractivity contribution is 9.10. The van der Waals surface area contributed by atoms with Gasteiger partial charge in [0.05, 0.1) is 9.40 Å². The van der Waals surface area contributed by atoms with E-state index in [0.29, 0.717) is 0 Å². The highest BCUT2D eigenvalue weighted by Crippen LogP contribution is 2.31. The van der Waals surface area contributed by atoms with Crippen LogP contribution in [0.3, 0.4) is 0 Å². The number of anilines is 1. The van der Waals surface area contributed by atoms with Crippen molar-refractivity contribution in [3.05, 3.63) is 32.3 Å². The average molecular weight is 253 g/mol. The maximum absolute atomic E-state index is 12.8. The van der Waals surface area contributed by atoms with Gasteiger partial charge in [-0.1, -0.05) is 0 Å². The number of nitrogens with zero attached hydrogens (tertiary/aromatic N) is 1. The summed E-state index contributed by atoms with van der Waals surface area (Å²) in [7, 11) is 0. The lowest BCUT2D eigenvalue weighted by atomic mass is 10.2. The molecule has 4 nitrogen and oxygen atoms in total. The lowest BCUT2D eigenvalue weighted by Gasteiger charge is -2.01. The number of hydrogen-bond donors (Lipinski definition) is 1. The number of halogens is 3. The smallest absolute Gasteiger partial charge is 0.296 e. The van der Waals surface area contributed by atoms with Gasteiger partial charge in [-0.15, -0.1) is 0 Å². The molecule has 0 aliphatic rings. The van der Waals surface area contributed by atoms with Crippen molar-refractivity contribution in [1.29, 1.82) is 0 Å². The maximum Gasteiger partial charge on any atom is 0.296 e. The summed E-state index contributed by atoms with van der Waals surface area (Å²) in [4.78, 5) is 9.37. The number of nitro benzene ring substituents is 1. The summed E-state index contributed by atoms with van der Waals surface area (Å²) >= 11 is 2.62. The molecule has 0 saturated heterocycles. The largest absolute Gasteiger partial charge is 0.391 e. The van der Waals surface area contributed by atoms with Gasteiger partial charge in [0.1, 0.15) is 5.69 Å². The van der Waals surface area contributed by atoms with Gasteiger partial charge in [0, 0.05) is 6.07 Å². The fourth-order valence-electron chi connectivity index (χ4n) is 0.748. The summed E-state index contributed by atoms with van der Waals surface area (Å²) in [5, 5.41) is 10.3. The van der Waals surface area contributed by atoms with Crippen molar-refractivity contribution in [2.75, 3.05) is 5.73 Å². The fourth-order valence-corrected chi connectivity index (χ4v) is 1.14. The van der Waals surface area contributed by atoms with Crippen molar-refractivity contribution in [3.63, 3.8) is 0 Å². The minimum Gasteiger partial charge on any atom is -0.391 e. The summed E-state index contributed by atoms with van der Waals surface area (Å²) in [6.07, 6.45) is 0. The molecule has 0 bridgehead atoms. The molecule has 70 valence electrons. The standard InChI is InChI=1S/C6H3BrF2N2O2/c7-2-1-3(11(12)13)6(10)5(9)4(2)8/h1H,10H2. The second-order valence-electron chi connectivity index (χ2n) is 2.18. The molecular formula is C6H3BrF2N2O2. The molecule has 1 aromatic carbocycles. The maximum atomic E-state index is 12.8. The van der Waals surface area contributed by atoms with E-state index in [9.17, 15) is 18.9 Å². The van der Waals surface area contributed by atoms with Gasteiger partial charge in [0.2, 0.25) is 0 Å². The predicted octanol–water partition coefficient (Wildman–Crippen LogP) is 2.22. The minimum absolute atomic E-state index is 0.328. The van der Waals surface area contributed by atoms with E-state index in [1.54, 1.807) is 0 Å². The van der Waals surface area contributed by atoms with E-state index in [1.165, 1.54) is 0 Å². The van der Waals surface area contributed by atoms with Crippen LogP contribution >= 0.6 is 15.9 Å². The Morgan fingerprint density at radius 2 is 2.00 bits per heavy atom. The Kier molecular flexibility index (Phi) is 2.46. The second-order valence-corrected chi connectivity index (χ2v) is 3.03. The Labute approximate surface area is 79.6 Å². The van der Waals surface area contributed by atoms with Gasteiger partial charge < -0.3 is 5.73 Å². The number of benzene rings is 1. The molecule has 0 radical (unpaired) electrons. The first-order chi connectivity index (χ1) is 5.95. The molecule has 0 fully saturated rings. The first-order valence-corrected chi connectivity index (χ1v) is 3.81. The zero-order chi connectivity index (χ0) is 10.2. The first-order valence-electron chi connectivity index (χ1n) is 3.02. The van der Waals surface area contributed by atoms with E-state index in [1.807, 2.05) is 0 Å². The topological polar surface area (TPSA) is 69.2 Å². The van der Waals surface area contributed by atoms with Crippen LogP contribution in [0.15, 0.2) is 10.5 Å². The lowest BCUT2D eigenvalue weighted by molar-refractivity contribution is -0.384. The van der Waals surface area contributed by atoms with Crippen LogP contribution in [0.2, 0.25) is 0 Å². The van der Waals surface area contributed by atoms with Gasteiger partial charge in [0.25, 0.3) is 5.69 Å². The Bertz CT molecular complexity index is 383. The molecule has 0 aromatic heterocycles. The molecule has 0 saturated carbocycles. The summed E-state index contributed by atoms with van der Waals surface area (Å²) in [5.41, 5.74) is 3.51. The van der Waals surface area contributed by atoms with Crippen LogP contribution in [0.4, 0.5) is 20.2 Å². The van der Waals surface area contributed by atoms with E-state index in [0.717, 1.165) is 6.07 Å². The Hall–Kier alpha value is -1.24. The second kappa shape index (κ2) is 3.25. The summed E-state index contributed by atoms with van der Waals surface area (Å²) in [6.45, 7) is 0. The summed E-state index contributed by atoms with van der Waals surface area (Å²) < 4.78 is 25.2. The average Bonchev–Trinajstić information content (AvgIpc) is 2.07. The molecule has 0 atom stereocenters. The third kappa shape index (κ3) is 1.59. The molecule has 0 amide bonds. The molecule has 1 rings (SSSR count). The van der Waals surface area contributed by atoms with Gasteiger partial charge >= 0.3 is 0 Å². The van der Waals surface area contributed by atoms with Crippen molar-refractivity contribution >= 4 is 27.3 Å². The molecule has 0 unspecified atom stereocenters. The Balaban J connectivity index is 3.50. The zero-order valence-corrected chi connectivity index (χ0v) is 7.64. The number of nitrogens with two attached hydrogens (primary N) is 1. The SMILES string of the molecule is Nc1c([N+](=O)[O-])cc(Br)c(F)c1F. The Morgan fingerprint density at radius 1 is 1.46 bits per heavy atom. The molecule has 0 aliphatic carbocycles. The van der Waals surface area contributed by atoms with Crippen LogP contribution in [-0.4, -0.2) is 4.92 Å². The van der Waals surface area contributed by atoms with E-state index in [4.69, 9.17) is 5.73 Å². The van der Waals surface area contributed by atoms with Crippen molar-refractivity contribution in [1.82, 2.24) is 0 Å². The minimum atomic E-state index is -1.42. The van der Waals surface area contributed by atoms with Gasteiger partial charge in [-0.05, 0) is 15.9 Å². The summed E-state index contributed by atoms with van der Waals surface area (Å²) in [6, 6.07) is 0.813. The number of nitrogen functional groups attached to an aromatic ring is 1. The first kappa shape index (κ1) is 9.85. The van der Waals surface area contributed by atoms with Crippen molar-refractivity contribution < 1.29 is 13.7 Å². The molecular weight excluding hydrogens is 250 g/mol. The van der Waals surface area contributed by atoms with Crippen LogP contribution in [0.5, 0.6) is 0 Å². The van der Waals surface area contributed by atoms with Crippen LogP contribution in [0.25, 0.3) is 0 Å². The highest BCUT2D eigenvalue weighted by Gasteiger charge is 2.21. The molecule has 1 aromatic rings. The van der Waals surface area contributed by atoms with Crippen LogP contribution in [0.1, 0.15) is 0 Å². The predicted molar refractivity (Wildman–Crippen MR) is 45.1 cm³/mol. The third-order valence-electron chi connectivity index (χ3n) is 1.37. The third-order valence-corrected chi connectivity index (χ3v) is 1.95. The van der Waals surface area contributed by atoms with Crippen LogP contribution < -0.4 is 5.73 Å². The van der Waals surface area contributed by atoms with E-state index < -0.39 is 27.9 Å². The highest BCUT2D eigenvalue weighted by atomic mass is 79.9. The van der Waals surface area contributed by atoms with E-state index in [-0.39, 0.29) is 4.47 Å². The van der Waals surface area contributed by atoms with Crippen LogP contribution in [0, 0.1) is 21.7 Å². The monoisotopic (exact) mass is 252 g/mol. The van der Waals surface area contributed by atoms with Crippen molar-refractivity contribution in [3.8, 4) is 0 Å².